The first-order valence-electron chi connectivity index (χ1n) is 7.66. The minimum absolute atomic E-state index is 0.466. The molecule has 0 aliphatic heterocycles. The van der Waals surface area contributed by atoms with E-state index in [-0.39, 0.29) is 0 Å². The van der Waals surface area contributed by atoms with Crippen LogP contribution in [0.4, 0.5) is 0 Å². The molecule has 0 saturated heterocycles. The zero-order valence-electron chi connectivity index (χ0n) is 13.1. The molecule has 1 nitrogen and oxygen atoms in total. The van der Waals surface area contributed by atoms with Gasteiger partial charge in [-0.05, 0) is 44.4 Å². The van der Waals surface area contributed by atoms with Crippen LogP contribution in [0.5, 0.6) is 0 Å². The maximum Gasteiger partial charge on any atom is 0.0781 e. The fraction of sp³-hybridized carbons (Fsp3) is 0.938. The van der Waals surface area contributed by atoms with Crippen molar-refractivity contribution in [1.29, 1.82) is 0 Å². The Morgan fingerprint density at radius 2 is 1.94 bits per heavy atom. The number of nitrogens with zero attached hydrogens (tertiary/aromatic N) is 1. The second-order valence-corrected chi connectivity index (χ2v) is 7.18. The third-order valence-electron chi connectivity index (χ3n) is 4.73. The topological polar surface area (TPSA) is 3.24 Å². The van der Waals surface area contributed by atoms with E-state index in [1.807, 2.05) is 0 Å². The van der Waals surface area contributed by atoms with Crippen LogP contribution in [0.15, 0.2) is 0 Å². The lowest BCUT2D eigenvalue weighted by atomic mass is 9.64. The summed E-state index contributed by atoms with van der Waals surface area (Å²) in [5, 5.41) is 0. The third-order valence-corrected chi connectivity index (χ3v) is 5.23. The van der Waals surface area contributed by atoms with Gasteiger partial charge < -0.3 is 4.90 Å². The molecule has 2 heteroatoms. The summed E-state index contributed by atoms with van der Waals surface area (Å²) in [4.78, 5) is 3.70. The SMILES string of the molecule is CCC(=S)N(C(C)C)C1CCCC(C)(C)C1CC. The molecule has 106 valence electrons. The van der Waals surface area contributed by atoms with Crippen molar-refractivity contribution in [3.05, 3.63) is 0 Å². The van der Waals surface area contributed by atoms with Gasteiger partial charge in [-0.15, -0.1) is 0 Å². The van der Waals surface area contributed by atoms with Crippen molar-refractivity contribution in [3.8, 4) is 0 Å². The van der Waals surface area contributed by atoms with Crippen LogP contribution in [0.2, 0.25) is 0 Å². The molecule has 1 aliphatic rings. The molecule has 1 rings (SSSR count). The highest BCUT2D eigenvalue weighted by Gasteiger charge is 2.41. The molecule has 1 aliphatic carbocycles. The summed E-state index contributed by atoms with van der Waals surface area (Å²) in [6, 6.07) is 1.19. The van der Waals surface area contributed by atoms with E-state index in [4.69, 9.17) is 12.2 Å². The van der Waals surface area contributed by atoms with Crippen LogP contribution in [0.1, 0.15) is 73.6 Å². The highest BCUT2D eigenvalue weighted by atomic mass is 32.1. The summed E-state index contributed by atoms with van der Waals surface area (Å²) in [7, 11) is 0. The molecule has 0 N–H and O–H groups in total. The Bertz CT molecular complexity index is 283. The van der Waals surface area contributed by atoms with Crippen LogP contribution >= 0.6 is 12.2 Å². The summed E-state index contributed by atoms with van der Waals surface area (Å²) >= 11 is 5.64. The molecule has 2 atom stereocenters. The number of thiocarbonyl (C=S) groups is 1. The summed E-state index contributed by atoms with van der Waals surface area (Å²) in [6.07, 6.45) is 6.31. The van der Waals surface area contributed by atoms with Gasteiger partial charge in [-0.1, -0.05) is 52.8 Å². The summed E-state index contributed by atoms with van der Waals surface area (Å²) < 4.78 is 0. The molecule has 18 heavy (non-hydrogen) atoms. The van der Waals surface area contributed by atoms with E-state index in [2.05, 4.69) is 46.4 Å². The summed E-state index contributed by atoms with van der Waals surface area (Å²) in [6.45, 7) is 14.0. The molecule has 0 aromatic rings. The molecule has 1 saturated carbocycles. The molecule has 0 amide bonds. The molecular formula is C16H31NS. The standard InChI is InChI=1S/C16H31NS/c1-7-13-14(10-9-11-16(13,5)6)17(12(3)4)15(18)8-2/h12-14H,7-11H2,1-6H3. The van der Waals surface area contributed by atoms with Gasteiger partial charge in [0.2, 0.25) is 0 Å². The minimum Gasteiger partial charge on any atom is -0.360 e. The molecule has 0 spiro atoms. The summed E-state index contributed by atoms with van der Waals surface area (Å²) in [5.41, 5.74) is 0.466. The molecule has 1 fully saturated rings. The van der Waals surface area contributed by atoms with E-state index in [0.29, 0.717) is 17.5 Å². The molecule has 0 radical (unpaired) electrons. The van der Waals surface area contributed by atoms with Crippen molar-refractivity contribution in [3.63, 3.8) is 0 Å². The summed E-state index contributed by atoms with van der Waals surface area (Å²) in [5.74, 6) is 0.776. The van der Waals surface area contributed by atoms with Gasteiger partial charge in [-0.3, -0.25) is 0 Å². The van der Waals surface area contributed by atoms with Crippen molar-refractivity contribution in [1.82, 2.24) is 4.90 Å². The predicted octanol–water partition coefficient (Wildman–Crippen LogP) is 5.04. The predicted molar refractivity (Wildman–Crippen MR) is 85.1 cm³/mol. The van der Waals surface area contributed by atoms with Gasteiger partial charge in [0.05, 0.1) is 4.99 Å². The highest BCUT2D eigenvalue weighted by Crippen LogP contribution is 2.44. The third kappa shape index (κ3) is 3.26. The zero-order valence-corrected chi connectivity index (χ0v) is 13.9. The van der Waals surface area contributed by atoms with Crippen molar-refractivity contribution >= 4 is 17.2 Å². The van der Waals surface area contributed by atoms with E-state index in [1.165, 1.54) is 25.7 Å². The van der Waals surface area contributed by atoms with Crippen LogP contribution in [0, 0.1) is 11.3 Å². The Balaban J connectivity index is 2.98. The lowest BCUT2D eigenvalue weighted by Crippen LogP contribution is -2.52. The Labute approximate surface area is 119 Å². The quantitative estimate of drug-likeness (QED) is 0.658. The second-order valence-electron chi connectivity index (χ2n) is 6.71. The minimum atomic E-state index is 0.466. The van der Waals surface area contributed by atoms with Gasteiger partial charge in [-0.25, -0.2) is 0 Å². The van der Waals surface area contributed by atoms with Crippen molar-refractivity contribution in [2.45, 2.75) is 85.7 Å². The van der Waals surface area contributed by atoms with E-state index in [9.17, 15) is 0 Å². The van der Waals surface area contributed by atoms with E-state index < -0.39 is 0 Å². The maximum absolute atomic E-state index is 5.64. The molecule has 0 bridgehead atoms. The largest absolute Gasteiger partial charge is 0.360 e. The van der Waals surface area contributed by atoms with Gasteiger partial charge >= 0.3 is 0 Å². The zero-order chi connectivity index (χ0) is 13.9. The fourth-order valence-corrected chi connectivity index (χ4v) is 4.22. The van der Waals surface area contributed by atoms with Gasteiger partial charge in [0.15, 0.2) is 0 Å². The lowest BCUT2D eigenvalue weighted by molar-refractivity contribution is 0.0404. The van der Waals surface area contributed by atoms with Crippen LogP contribution in [-0.4, -0.2) is 22.0 Å². The average molecular weight is 269 g/mol. The molecule has 2 unspecified atom stereocenters. The van der Waals surface area contributed by atoms with Gasteiger partial charge in [-0.2, -0.15) is 0 Å². The Morgan fingerprint density at radius 1 is 1.33 bits per heavy atom. The average Bonchev–Trinajstić information content (AvgIpc) is 2.27. The molecular weight excluding hydrogens is 238 g/mol. The first-order chi connectivity index (χ1) is 8.35. The highest BCUT2D eigenvalue weighted by molar-refractivity contribution is 7.80. The first kappa shape index (κ1) is 15.9. The maximum atomic E-state index is 5.64. The van der Waals surface area contributed by atoms with Crippen molar-refractivity contribution in [2.75, 3.05) is 0 Å². The molecule has 0 aromatic heterocycles. The number of hydrogen-bond donors (Lipinski definition) is 0. The monoisotopic (exact) mass is 269 g/mol. The smallest absolute Gasteiger partial charge is 0.0781 e. The normalized spacial score (nSPS) is 27.3. The second kappa shape index (κ2) is 6.36. The van der Waals surface area contributed by atoms with E-state index in [0.717, 1.165) is 17.3 Å². The van der Waals surface area contributed by atoms with E-state index >= 15 is 0 Å². The van der Waals surface area contributed by atoms with Crippen LogP contribution in [0.25, 0.3) is 0 Å². The number of rotatable bonds is 4. The van der Waals surface area contributed by atoms with Crippen LogP contribution in [-0.2, 0) is 0 Å². The van der Waals surface area contributed by atoms with Crippen LogP contribution < -0.4 is 0 Å². The van der Waals surface area contributed by atoms with Gasteiger partial charge in [0.1, 0.15) is 0 Å². The lowest BCUT2D eigenvalue weighted by Gasteiger charge is -2.50. The Hall–Kier alpha value is -0.110. The Kier molecular flexibility index (Phi) is 5.64. The van der Waals surface area contributed by atoms with E-state index in [1.54, 1.807) is 0 Å². The molecule has 0 aromatic carbocycles. The van der Waals surface area contributed by atoms with Crippen LogP contribution in [0.3, 0.4) is 0 Å². The van der Waals surface area contributed by atoms with Gasteiger partial charge in [0.25, 0.3) is 0 Å². The Morgan fingerprint density at radius 3 is 2.39 bits per heavy atom. The molecule has 0 heterocycles. The van der Waals surface area contributed by atoms with Crippen molar-refractivity contribution in [2.24, 2.45) is 11.3 Å². The van der Waals surface area contributed by atoms with Gasteiger partial charge in [0, 0.05) is 12.1 Å². The number of hydrogen-bond acceptors (Lipinski definition) is 1. The first-order valence-corrected chi connectivity index (χ1v) is 8.07. The van der Waals surface area contributed by atoms with Crippen molar-refractivity contribution < 1.29 is 0 Å². The fourth-order valence-electron chi connectivity index (χ4n) is 3.87.